The zero-order chi connectivity index (χ0) is 19.2. The van der Waals surface area contributed by atoms with Gasteiger partial charge in [-0.15, -0.1) is 23.7 Å². The minimum atomic E-state index is 0. The van der Waals surface area contributed by atoms with E-state index in [2.05, 4.69) is 36.7 Å². The molecule has 0 atom stereocenters. The first kappa shape index (κ1) is 22.4. The van der Waals surface area contributed by atoms with Crippen LogP contribution in [0.5, 0.6) is 0 Å². The van der Waals surface area contributed by atoms with Gasteiger partial charge in [0.1, 0.15) is 5.82 Å². The van der Waals surface area contributed by atoms with Crippen LogP contribution in [-0.4, -0.2) is 29.5 Å². The van der Waals surface area contributed by atoms with Crippen LogP contribution in [0.4, 0.5) is 5.82 Å². The molecule has 0 saturated carbocycles. The van der Waals surface area contributed by atoms with E-state index in [0.717, 1.165) is 52.3 Å². The summed E-state index contributed by atoms with van der Waals surface area (Å²) in [7, 11) is 0. The number of nitrogens with zero attached hydrogens (tertiary/aromatic N) is 1. The van der Waals surface area contributed by atoms with Gasteiger partial charge in [0, 0.05) is 33.9 Å². The van der Waals surface area contributed by atoms with E-state index in [9.17, 15) is 4.79 Å². The van der Waals surface area contributed by atoms with Crippen molar-refractivity contribution < 1.29 is 5.21 Å². The highest BCUT2D eigenvalue weighted by atomic mass is 79.9. The van der Waals surface area contributed by atoms with Gasteiger partial charge in [0.2, 0.25) is 0 Å². The summed E-state index contributed by atoms with van der Waals surface area (Å²) in [6.45, 7) is 4.42. The number of pyridine rings is 1. The molecule has 6 nitrogen and oxygen atoms in total. The number of benzene rings is 1. The highest BCUT2D eigenvalue weighted by Gasteiger charge is 2.11. The van der Waals surface area contributed by atoms with E-state index in [1.807, 2.05) is 31.2 Å². The highest BCUT2D eigenvalue weighted by molar-refractivity contribution is 9.10. The SMILES string of the molecule is Cc1c(CNCCCNc2cc(=O)c3ccccc3[nH]2)sc(/C=N/O)c1Br.Cl. The third-order valence-corrected chi connectivity index (χ3v) is 6.75. The van der Waals surface area contributed by atoms with Crippen LogP contribution in [0.1, 0.15) is 21.7 Å². The molecule has 0 fully saturated rings. The molecule has 2 heterocycles. The second-order valence-electron chi connectivity index (χ2n) is 6.12. The number of nitrogens with one attached hydrogen (secondary N) is 3. The number of hydrogen-bond donors (Lipinski definition) is 4. The second-order valence-corrected chi connectivity index (χ2v) is 8.05. The lowest BCUT2D eigenvalue weighted by Crippen LogP contribution is -2.18. The van der Waals surface area contributed by atoms with Gasteiger partial charge < -0.3 is 20.8 Å². The third kappa shape index (κ3) is 5.35. The van der Waals surface area contributed by atoms with Gasteiger partial charge in [-0.3, -0.25) is 4.79 Å². The number of rotatable bonds is 8. The maximum absolute atomic E-state index is 12.1. The third-order valence-electron chi connectivity index (χ3n) is 4.24. The molecule has 0 aliphatic carbocycles. The molecule has 0 spiro atoms. The first-order valence-corrected chi connectivity index (χ1v) is 10.2. The van der Waals surface area contributed by atoms with E-state index < -0.39 is 0 Å². The summed E-state index contributed by atoms with van der Waals surface area (Å²) in [6.07, 6.45) is 2.37. The van der Waals surface area contributed by atoms with Crippen molar-refractivity contribution in [2.24, 2.45) is 5.16 Å². The van der Waals surface area contributed by atoms with Crippen molar-refractivity contribution in [3.63, 3.8) is 0 Å². The number of halogens is 2. The molecule has 4 N–H and O–H groups in total. The van der Waals surface area contributed by atoms with E-state index >= 15 is 0 Å². The molecule has 28 heavy (non-hydrogen) atoms. The molecule has 0 unspecified atom stereocenters. The normalized spacial score (nSPS) is 11.1. The molecule has 150 valence electrons. The molecule has 0 aliphatic rings. The molecular weight excluding hydrogens is 464 g/mol. The van der Waals surface area contributed by atoms with E-state index in [0.29, 0.717) is 5.39 Å². The Bertz CT molecular complexity index is 1020. The van der Waals surface area contributed by atoms with E-state index in [-0.39, 0.29) is 17.8 Å². The molecule has 1 aromatic carbocycles. The van der Waals surface area contributed by atoms with Crippen molar-refractivity contribution in [2.45, 2.75) is 19.9 Å². The van der Waals surface area contributed by atoms with Crippen LogP contribution in [0.25, 0.3) is 10.9 Å². The van der Waals surface area contributed by atoms with E-state index in [4.69, 9.17) is 5.21 Å². The van der Waals surface area contributed by atoms with E-state index in [1.54, 1.807) is 17.4 Å². The zero-order valence-corrected chi connectivity index (χ0v) is 18.5. The number of aromatic amines is 1. The number of H-pyrrole nitrogens is 1. The van der Waals surface area contributed by atoms with Crippen LogP contribution in [0.15, 0.2) is 44.8 Å². The Hall–Kier alpha value is -1.87. The average molecular weight is 486 g/mol. The van der Waals surface area contributed by atoms with Gasteiger partial charge in [0.05, 0.1) is 16.6 Å². The van der Waals surface area contributed by atoms with Gasteiger partial charge in [-0.1, -0.05) is 17.3 Å². The Morgan fingerprint density at radius 3 is 2.89 bits per heavy atom. The largest absolute Gasteiger partial charge is 0.411 e. The minimum Gasteiger partial charge on any atom is -0.411 e. The Kier molecular flexibility index (Phi) is 8.50. The lowest BCUT2D eigenvalue weighted by molar-refractivity contribution is 0.322. The molecule has 9 heteroatoms. The van der Waals surface area contributed by atoms with Crippen LogP contribution >= 0.6 is 39.7 Å². The number of para-hydroxylation sites is 1. The average Bonchev–Trinajstić information content (AvgIpc) is 2.93. The Balaban J connectivity index is 0.00000280. The number of aromatic nitrogens is 1. The van der Waals surface area contributed by atoms with Crippen LogP contribution < -0.4 is 16.1 Å². The predicted molar refractivity (Wildman–Crippen MR) is 123 cm³/mol. The van der Waals surface area contributed by atoms with Crippen molar-refractivity contribution in [3.8, 4) is 0 Å². The number of thiophene rings is 1. The predicted octanol–water partition coefficient (Wildman–Crippen LogP) is 4.48. The Morgan fingerprint density at radius 2 is 2.11 bits per heavy atom. The number of fused-ring (bicyclic) bond motifs is 1. The molecule has 0 aliphatic heterocycles. The standard InChI is InChI=1S/C19H21BrN4O2S.ClH/c1-12-16(27-17(11-23-26)19(12)20)10-21-7-4-8-22-18-9-15(25)13-5-2-3-6-14(13)24-18;/h2-3,5-6,9,11,21,26H,4,7-8,10H2,1H3,(H2,22,24,25);1H/b23-11+;. The summed E-state index contributed by atoms with van der Waals surface area (Å²) in [5, 5.41) is 19.2. The van der Waals surface area contributed by atoms with Crippen LogP contribution in [0.2, 0.25) is 0 Å². The van der Waals surface area contributed by atoms with Gasteiger partial charge >= 0.3 is 0 Å². The summed E-state index contributed by atoms with van der Waals surface area (Å²) in [5.41, 5.74) is 2.02. The lowest BCUT2D eigenvalue weighted by atomic mass is 10.2. The summed E-state index contributed by atoms with van der Waals surface area (Å²) >= 11 is 5.13. The zero-order valence-electron chi connectivity index (χ0n) is 15.3. The van der Waals surface area contributed by atoms with Crippen molar-refractivity contribution in [3.05, 3.63) is 60.3 Å². The molecule has 3 rings (SSSR count). The molecule has 2 aromatic heterocycles. The monoisotopic (exact) mass is 484 g/mol. The number of anilines is 1. The van der Waals surface area contributed by atoms with Gasteiger partial charge in [-0.2, -0.15) is 0 Å². The summed E-state index contributed by atoms with van der Waals surface area (Å²) in [4.78, 5) is 17.5. The smallest absolute Gasteiger partial charge is 0.191 e. The van der Waals surface area contributed by atoms with Crippen LogP contribution in [0.3, 0.4) is 0 Å². The van der Waals surface area contributed by atoms with Crippen molar-refractivity contribution >= 4 is 62.6 Å². The fourth-order valence-electron chi connectivity index (χ4n) is 2.80. The van der Waals surface area contributed by atoms with Gasteiger partial charge in [0.25, 0.3) is 0 Å². The summed E-state index contributed by atoms with van der Waals surface area (Å²) in [5.74, 6) is 0.740. The van der Waals surface area contributed by atoms with Crippen molar-refractivity contribution in [1.82, 2.24) is 10.3 Å². The Labute approximate surface area is 181 Å². The molecule has 0 radical (unpaired) electrons. The first-order chi connectivity index (χ1) is 13.1. The fourth-order valence-corrected chi connectivity index (χ4v) is 4.55. The molecule has 0 saturated heterocycles. The highest BCUT2D eigenvalue weighted by Crippen LogP contribution is 2.31. The minimum absolute atomic E-state index is 0. The van der Waals surface area contributed by atoms with Gasteiger partial charge in [0.15, 0.2) is 5.43 Å². The maximum atomic E-state index is 12.1. The quantitative estimate of drug-likeness (QED) is 0.164. The fraction of sp³-hybridized carbons (Fsp3) is 0.263. The maximum Gasteiger partial charge on any atom is 0.191 e. The number of oxime groups is 1. The summed E-state index contributed by atoms with van der Waals surface area (Å²) in [6, 6.07) is 9.11. The molecule has 0 bridgehead atoms. The topological polar surface area (TPSA) is 89.5 Å². The first-order valence-electron chi connectivity index (χ1n) is 8.62. The molecule has 3 aromatic rings. The Morgan fingerprint density at radius 1 is 1.32 bits per heavy atom. The van der Waals surface area contributed by atoms with Gasteiger partial charge in [-0.25, -0.2) is 0 Å². The van der Waals surface area contributed by atoms with Crippen LogP contribution in [0, 0.1) is 6.92 Å². The van der Waals surface area contributed by atoms with Crippen LogP contribution in [-0.2, 0) is 6.54 Å². The molecular formula is C19H22BrClN4O2S. The second kappa shape index (κ2) is 10.6. The number of hydrogen-bond acceptors (Lipinski definition) is 6. The van der Waals surface area contributed by atoms with Gasteiger partial charge in [-0.05, 0) is 53.5 Å². The van der Waals surface area contributed by atoms with Crippen molar-refractivity contribution in [1.29, 1.82) is 0 Å². The lowest BCUT2D eigenvalue weighted by Gasteiger charge is -2.08. The van der Waals surface area contributed by atoms with Crippen molar-refractivity contribution in [2.75, 3.05) is 18.4 Å². The summed E-state index contributed by atoms with van der Waals surface area (Å²) < 4.78 is 0.976. The molecule has 0 amide bonds. The van der Waals surface area contributed by atoms with E-state index in [1.165, 1.54) is 11.1 Å².